The molecule has 1 heterocycles. The van der Waals surface area contributed by atoms with Crippen LogP contribution in [-0.4, -0.2) is 54.9 Å². The number of carbonyl (C=O) groups is 2. The highest BCUT2D eigenvalue weighted by molar-refractivity contribution is 5.74. The van der Waals surface area contributed by atoms with Crippen LogP contribution in [0, 0.1) is 11.8 Å². The molecule has 2 N–H and O–H groups in total. The van der Waals surface area contributed by atoms with Gasteiger partial charge in [0.05, 0.1) is 5.92 Å². The minimum Gasteiger partial charge on any atom is -0.481 e. The van der Waals surface area contributed by atoms with E-state index in [9.17, 15) is 9.59 Å². The van der Waals surface area contributed by atoms with E-state index >= 15 is 0 Å². The molecule has 0 spiro atoms. The fraction of sp³-hybridized carbons (Fsp3) is 0.867. The molecule has 2 amide bonds. The Labute approximate surface area is 125 Å². The van der Waals surface area contributed by atoms with Crippen molar-refractivity contribution < 1.29 is 19.4 Å². The molecule has 6 heteroatoms. The zero-order valence-corrected chi connectivity index (χ0v) is 12.7. The van der Waals surface area contributed by atoms with E-state index < -0.39 is 5.97 Å². The number of carboxylic acid groups (broad SMARTS) is 1. The van der Waals surface area contributed by atoms with E-state index in [-0.39, 0.29) is 18.0 Å². The lowest BCUT2D eigenvalue weighted by atomic mass is 9.86. The number of hydrogen-bond acceptors (Lipinski definition) is 3. The van der Waals surface area contributed by atoms with Crippen molar-refractivity contribution in [2.75, 3.05) is 26.8 Å². The lowest BCUT2D eigenvalue weighted by Crippen LogP contribution is -2.49. The SMILES string of the molecule is COCC1CCN(C(=O)NC2CCC(C(=O)O)CC2)CC1. The molecule has 21 heavy (non-hydrogen) atoms. The number of aliphatic carboxylic acids is 1. The first-order chi connectivity index (χ1) is 10.1. The molecule has 0 atom stereocenters. The number of carbonyl (C=O) groups excluding carboxylic acids is 1. The van der Waals surface area contributed by atoms with Gasteiger partial charge in [-0.2, -0.15) is 0 Å². The molecule has 120 valence electrons. The van der Waals surface area contributed by atoms with Gasteiger partial charge in [-0.1, -0.05) is 0 Å². The average molecular weight is 298 g/mol. The Morgan fingerprint density at radius 3 is 2.29 bits per heavy atom. The Hall–Kier alpha value is -1.30. The summed E-state index contributed by atoms with van der Waals surface area (Å²) in [4.78, 5) is 25.0. The van der Waals surface area contributed by atoms with Gasteiger partial charge in [0.25, 0.3) is 0 Å². The number of amides is 2. The Kier molecular flexibility index (Phi) is 5.85. The van der Waals surface area contributed by atoms with Crippen LogP contribution in [0.25, 0.3) is 0 Å². The number of piperidine rings is 1. The molecule has 1 saturated carbocycles. The Morgan fingerprint density at radius 1 is 1.14 bits per heavy atom. The Morgan fingerprint density at radius 2 is 1.76 bits per heavy atom. The molecule has 2 rings (SSSR count). The van der Waals surface area contributed by atoms with E-state index in [1.54, 1.807) is 7.11 Å². The highest BCUT2D eigenvalue weighted by Crippen LogP contribution is 2.25. The monoisotopic (exact) mass is 298 g/mol. The van der Waals surface area contributed by atoms with Gasteiger partial charge >= 0.3 is 12.0 Å². The molecule has 0 unspecified atom stereocenters. The minimum absolute atomic E-state index is 0.00430. The predicted octanol–water partition coefficient (Wildman–Crippen LogP) is 1.70. The number of rotatable bonds is 4. The standard InChI is InChI=1S/C15H26N2O4/c1-21-10-11-6-8-17(9-7-11)15(20)16-13-4-2-12(3-5-13)14(18)19/h11-13H,2-10H2,1H3,(H,16,20)(H,18,19). The highest BCUT2D eigenvalue weighted by atomic mass is 16.5. The maximum atomic E-state index is 12.2. The van der Waals surface area contributed by atoms with Gasteiger partial charge in [0.1, 0.15) is 0 Å². The summed E-state index contributed by atoms with van der Waals surface area (Å²) in [6.45, 7) is 2.34. The second-order valence-corrected chi connectivity index (χ2v) is 6.22. The zero-order chi connectivity index (χ0) is 15.2. The molecule has 0 aromatic heterocycles. The quantitative estimate of drug-likeness (QED) is 0.828. The molecule has 1 saturated heterocycles. The van der Waals surface area contributed by atoms with Gasteiger partial charge in [-0.3, -0.25) is 4.79 Å². The molecule has 2 fully saturated rings. The summed E-state index contributed by atoms with van der Waals surface area (Å²) in [5.74, 6) is -0.381. The molecule has 0 aromatic carbocycles. The summed E-state index contributed by atoms with van der Waals surface area (Å²) in [6, 6.07) is 0.134. The number of ether oxygens (including phenoxy) is 1. The normalized spacial score (nSPS) is 27.4. The zero-order valence-electron chi connectivity index (χ0n) is 12.7. The molecule has 1 aliphatic heterocycles. The van der Waals surface area contributed by atoms with E-state index in [1.165, 1.54) is 0 Å². The van der Waals surface area contributed by atoms with Gasteiger partial charge in [-0.05, 0) is 44.4 Å². The van der Waals surface area contributed by atoms with E-state index in [2.05, 4.69) is 5.32 Å². The van der Waals surface area contributed by atoms with Gasteiger partial charge in [0.15, 0.2) is 0 Å². The van der Waals surface area contributed by atoms with Crippen LogP contribution in [0.5, 0.6) is 0 Å². The lowest BCUT2D eigenvalue weighted by molar-refractivity contribution is -0.142. The van der Waals surface area contributed by atoms with Gasteiger partial charge in [-0.25, -0.2) is 4.79 Å². The van der Waals surface area contributed by atoms with Crippen LogP contribution in [-0.2, 0) is 9.53 Å². The van der Waals surface area contributed by atoms with Crippen molar-refractivity contribution >= 4 is 12.0 Å². The third-order valence-electron chi connectivity index (χ3n) is 4.71. The van der Waals surface area contributed by atoms with Crippen LogP contribution in [0.1, 0.15) is 38.5 Å². The Balaban J connectivity index is 1.70. The van der Waals surface area contributed by atoms with Crippen molar-refractivity contribution in [3.8, 4) is 0 Å². The summed E-state index contributed by atoms with van der Waals surface area (Å²) in [6.07, 6.45) is 4.85. The minimum atomic E-state index is -0.708. The number of hydrogen-bond donors (Lipinski definition) is 2. The van der Waals surface area contributed by atoms with E-state index in [4.69, 9.17) is 9.84 Å². The molecule has 2 aliphatic rings. The van der Waals surface area contributed by atoms with Gasteiger partial charge < -0.3 is 20.1 Å². The Bertz CT molecular complexity index is 359. The topological polar surface area (TPSA) is 78.9 Å². The number of urea groups is 1. The third kappa shape index (κ3) is 4.59. The summed E-state index contributed by atoms with van der Waals surface area (Å²) in [7, 11) is 1.71. The molecule has 0 radical (unpaired) electrons. The van der Waals surface area contributed by atoms with Crippen molar-refractivity contribution in [2.24, 2.45) is 11.8 Å². The number of nitrogens with zero attached hydrogens (tertiary/aromatic N) is 1. The fourth-order valence-electron chi connectivity index (χ4n) is 3.29. The van der Waals surface area contributed by atoms with E-state index in [0.717, 1.165) is 45.4 Å². The summed E-state index contributed by atoms with van der Waals surface area (Å²) in [5, 5.41) is 12.0. The van der Waals surface area contributed by atoms with Crippen LogP contribution in [0.2, 0.25) is 0 Å². The summed E-state index contributed by atoms with van der Waals surface area (Å²) >= 11 is 0. The number of nitrogens with one attached hydrogen (secondary N) is 1. The first-order valence-corrected chi connectivity index (χ1v) is 7.87. The van der Waals surface area contributed by atoms with Gasteiger partial charge in [0, 0.05) is 32.8 Å². The first kappa shape index (κ1) is 16.1. The maximum absolute atomic E-state index is 12.2. The summed E-state index contributed by atoms with van der Waals surface area (Å²) in [5.41, 5.74) is 0. The van der Waals surface area contributed by atoms with Crippen molar-refractivity contribution in [2.45, 2.75) is 44.6 Å². The average Bonchev–Trinajstić information content (AvgIpc) is 2.49. The lowest BCUT2D eigenvalue weighted by Gasteiger charge is -2.34. The van der Waals surface area contributed by atoms with Crippen LogP contribution in [0.3, 0.4) is 0 Å². The number of methoxy groups -OCH3 is 1. The second kappa shape index (κ2) is 7.64. The van der Waals surface area contributed by atoms with Crippen LogP contribution < -0.4 is 5.32 Å². The fourth-order valence-corrected chi connectivity index (χ4v) is 3.29. The van der Waals surface area contributed by atoms with E-state index in [0.29, 0.717) is 18.8 Å². The molecule has 1 aliphatic carbocycles. The third-order valence-corrected chi connectivity index (χ3v) is 4.71. The van der Waals surface area contributed by atoms with Crippen molar-refractivity contribution in [3.05, 3.63) is 0 Å². The van der Waals surface area contributed by atoms with Crippen molar-refractivity contribution in [3.63, 3.8) is 0 Å². The van der Waals surface area contributed by atoms with E-state index in [1.807, 2.05) is 4.90 Å². The molecular formula is C15H26N2O4. The van der Waals surface area contributed by atoms with Gasteiger partial charge in [-0.15, -0.1) is 0 Å². The van der Waals surface area contributed by atoms with Gasteiger partial charge in [0.2, 0.25) is 0 Å². The van der Waals surface area contributed by atoms with Crippen molar-refractivity contribution in [1.82, 2.24) is 10.2 Å². The molecular weight excluding hydrogens is 272 g/mol. The highest BCUT2D eigenvalue weighted by Gasteiger charge is 2.29. The number of carboxylic acids is 1. The number of likely N-dealkylation sites (tertiary alicyclic amines) is 1. The van der Waals surface area contributed by atoms with Crippen LogP contribution in [0.4, 0.5) is 4.79 Å². The second-order valence-electron chi connectivity index (χ2n) is 6.22. The van der Waals surface area contributed by atoms with Crippen molar-refractivity contribution in [1.29, 1.82) is 0 Å². The predicted molar refractivity (Wildman–Crippen MR) is 78.1 cm³/mol. The maximum Gasteiger partial charge on any atom is 0.317 e. The first-order valence-electron chi connectivity index (χ1n) is 7.87. The summed E-state index contributed by atoms with van der Waals surface area (Å²) < 4.78 is 5.16. The molecule has 6 nitrogen and oxygen atoms in total. The largest absolute Gasteiger partial charge is 0.481 e. The van der Waals surface area contributed by atoms with Crippen LogP contribution in [0.15, 0.2) is 0 Å². The molecule has 0 aromatic rings. The molecule has 0 bridgehead atoms. The smallest absolute Gasteiger partial charge is 0.317 e. The van der Waals surface area contributed by atoms with Crippen LogP contribution >= 0.6 is 0 Å².